The van der Waals surface area contributed by atoms with E-state index in [1.807, 2.05) is 0 Å². The van der Waals surface area contributed by atoms with Gasteiger partial charge >= 0.3 is 0 Å². The van der Waals surface area contributed by atoms with Crippen LogP contribution in [0.2, 0.25) is 0 Å². The third kappa shape index (κ3) is 4.56. The van der Waals surface area contributed by atoms with Crippen LogP contribution in [0.15, 0.2) is 212 Å². The van der Waals surface area contributed by atoms with Gasteiger partial charge in [-0.15, -0.1) is 0 Å². The topological polar surface area (TPSA) is 3.24 Å². The molecule has 0 aromatic heterocycles. The van der Waals surface area contributed by atoms with E-state index in [0.29, 0.717) is 0 Å². The summed E-state index contributed by atoms with van der Waals surface area (Å²) in [5, 5.41) is 4.88. The second-order valence-corrected chi connectivity index (χ2v) is 13.6. The summed E-state index contributed by atoms with van der Waals surface area (Å²) in [7, 11) is 0. The molecule has 0 aliphatic heterocycles. The third-order valence-electron chi connectivity index (χ3n) is 10.9. The molecule has 1 heteroatoms. The zero-order chi connectivity index (χ0) is 34.5. The smallest absolute Gasteiger partial charge is 0.0714 e. The molecule has 9 aromatic carbocycles. The summed E-state index contributed by atoms with van der Waals surface area (Å²) >= 11 is 0. The predicted octanol–water partition coefficient (Wildman–Crippen LogP) is 13.5. The van der Waals surface area contributed by atoms with Gasteiger partial charge in [0.05, 0.1) is 16.8 Å². The normalized spacial score (nSPS) is 12.8. The summed E-state index contributed by atoms with van der Waals surface area (Å²) in [5.41, 5.74) is 13.0. The molecule has 0 amide bonds. The maximum atomic E-state index is 2.53. The molecule has 52 heavy (non-hydrogen) atoms. The van der Waals surface area contributed by atoms with Crippen molar-refractivity contribution in [3.05, 3.63) is 235 Å². The average Bonchev–Trinajstić information content (AvgIpc) is 3.53. The van der Waals surface area contributed by atoms with E-state index in [2.05, 4.69) is 217 Å². The van der Waals surface area contributed by atoms with Gasteiger partial charge in [-0.05, 0) is 74.0 Å². The molecule has 244 valence electrons. The number of rotatable bonds is 6. The van der Waals surface area contributed by atoms with E-state index in [1.165, 1.54) is 71.7 Å². The Labute approximate surface area is 304 Å². The molecule has 10 rings (SSSR count). The van der Waals surface area contributed by atoms with E-state index in [-0.39, 0.29) is 0 Å². The molecule has 1 nitrogen and oxygen atoms in total. The first-order chi connectivity index (χ1) is 25.8. The van der Waals surface area contributed by atoms with Crippen LogP contribution in [0, 0.1) is 0 Å². The van der Waals surface area contributed by atoms with Gasteiger partial charge < -0.3 is 4.90 Å². The van der Waals surface area contributed by atoms with Gasteiger partial charge in [-0.1, -0.05) is 188 Å². The highest BCUT2D eigenvalue weighted by Gasteiger charge is 2.47. The quantitative estimate of drug-likeness (QED) is 0.160. The molecule has 0 spiro atoms. The van der Waals surface area contributed by atoms with Gasteiger partial charge in [-0.3, -0.25) is 0 Å². The van der Waals surface area contributed by atoms with Crippen LogP contribution in [0.5, 0.6) is 0 Å². The highest BCUT2D eigenvalue weighted by atomic mass is 15.1. The summed E-state index contributed by atoms with van der Waals surface area (Å²) in [6.07, 6.45) is 0. The van der Waals surface area contributed by atoms with E-state index >= 15 is 0 Å². The van der Waals surface area contributed by atoms with Gasteiger partial charge in [-0.25, -0.2) is 0 Å². The Morgan fingerprint density at radius 3 is 1.50 bits per heavy atom. The lowest BCUT2D eigenvalue weighted by Gasteiger charge is -2.34. The highest BCUT2D eigenvalue weighted by molar-refractivity contribution is 6.15. The van der Waals surface area contributed by atoms with Crippen molar-refractivity contribution in [2.75, 3.05) is 4.90 Å². The Morgan fingerprint density at radius 2 is 0.865 bits per heavy atom. The molecule has 0 radical (unpaired) electrons. The minimum Gasteiger partial charge on any atom is -0.309 e. The van der Waals surface area contributed by atoms with Crippen LogP contribution in [0.1, 0.15) is 22.3 Å². The molecule has 0 N–H and O–H groups in total. The lowest BCUT2D eigenvalue weighted by molar-refractivity contribution is 0.768. The standard InChI is InChI=1S/C51H35N/c1-4-17-36(18-5-1)37-31-33-42(34-32-37)52(50-43-25-12-10-19-38(43)35-39-20-11-13-26-44(39)50)48-30-16-29-47-49(48)45-27-14-15-28-46(45)51(47,40-21-6-2-7-22-40)41-23-8-3-9-24-41/h1-35H. The largest absolute Gasteiger partial charge is 0.309 e. The van der Waals surface area contributed by atoms with E-state index in [4.69, 9.17) is 0 Å². The van der Waals surface area contributed by atoms with Gasteiger partial charge in [0, 0.05) is 22.0 Å². The predicted molar refractivity (Wildman–Crippen MR) is 219 cm³/mol. The maximum absolute atomic E-state index is 2.53. The molecular weight excluding hydrogens is 627 g/mol. The zero-order valence-electron chi connectivity index (χ0n) is 28.7. The highest BCUT2D eigenvalue weighted by Crippen LogP contribution is 2.60. The summed E-state index contributed by atoms with van der Waals surface area (Å²) in [6.45, 7) is 0. The molecular formula is C51H35N. The van der Waals surface area contributed by atoms with Gasteiger partial charge in [0.1, 0.15) is 0 Å². The molecule has 0 saturated carbocycles. The van der Waals surface area contributed by atoms with Crippen LogP contribution in [-0.4, -0.2) is 0 Å². The number of nitrogens with zero attached hydrogens (tertiary/aromatic N) is 1. The number of fused-ring (bicyclic) bond motifs is 5. The van der Waals surface area contributed by atoms with Crippen LogP contribution in [-0.2, 0) is 5.41 Å². The van der Waals surface area contributed by atoms with E-state index in [0.717, 1.165) is 11.4 Å². The van der Waals surface area contributed by atoms with Crippen LogP contribution >= 0.6 is 0 Å². The minimum absolute atomic E-state index is 0.492. The molecule has 0 saturated heterocycles. The fourth-order valence-electron chi connectivity index (χ4n) is 8.71. The fourth-order valence-corrected chi connectivity index (χ4v) is 8.71. The first-order valence-electron chi connectivity index (χ1n) is 18.0. The number of hydrogen-bond acceptors (Lipinski definition) is 1. The first-order valence-corrected chi connectivity index (χ1v) is 18.0. The molecule has 1 aliphatic carbocycles. The molecule has 0 fully saturated rings. The van der Waals surface area contributed by atoms with Crippen molar-refractivity contribution in [2.24, 2.45) is 0 Å². The summed E-state index contributed by atoms with van der Waals surface area (Å²) in [5.74, 6) is 0. The summed E-state index contributed by atoms with van der Waals surface area (Å²) in [4.78, 5) is 2.53. The average molecular weight is 662 g/mol. The molecule has 9 aromatic rings. The summed E-state index contributed by atoms with van der Waals surface area (Å²) in [6, 6.07) is 77.8. The second kappa shape index (κ2) is 12.3. The van der Waals surface area contributed by atoms with Crippen molar-refractivity contribution >= 4 is 38.6 Å². The Balaban J connectivity index is 1.32. The lowest BCUT2D eigenvalue weighted by Crippen LogP contribution is -2.28. The van der Waals surface area contributed by atoms with Gasteiger partial charge in [0.2, 0.25) is 0 Å². The molecule has 0 bridgehead atoms. The number of hydrogen-bond donors (Lipinski definition) is 0. The van der Waals surface area contributed by atoms with Crippen molar-refractivity contribution in [1.82, 2.24) is 0 Å². The van der Waals surface area contributed by atoms with E-state index in [9.17, 15) is 0 Å². The Morgan fingerprint density at radius 1 is 0.365 bits per heavy atom. The fraction of sp³-hybridized carbons (Fsp3) is 0.0196. The van der Waals surface area contributed by atoms with Crippen molar-refractivity contribution < 1.29 is 0 Å². The number of benzene rings is 9. The van der Waals surface area contributed by atoms with Gasteiger partial charge in [0.25, 0.3) is 0 Å². The molecule has 1 aliphatic rings. The Hall–Kier alpha value is -6.70. The minimum atomic E-state index is -0.492. The monoisotopic (exact) mass is 661 g/mol. The van der Waals surface area contributed by atoms with Crippen molar-refractivity contribution in [1.29, 1.82) is 0 Å². The van der Waals surface area contributed by atoms with Crippen LogP contribution in [0.4, 0.5) is 17.1 Å². The number of anilines is 3. The van der Waals surface area contributed by atoms with Gasteiger partial charge in [0.15, 0.2) is 0 Å². The first kappa shape index (κ1) is 30.2. The Bertz CT molecular complexity index is 2620. The van der Waals surface area contributed by atoms with Crippen LogP contribution < -0.4 is 4.90 Å². The van der Waals surface area contributed by atoms with E-state index in [1.54, 1.807) is 0 Å². The van der Waals surface area contributed by atoms with Crippen molar-refractivity contribution in [2.45, 2.75) is 5.41 Å². The van der Waals surface area contributed by atoms with E-state index < -0.39 is 5.41 Å². The zero-order valence-corrected chi connectivity index (χ0v) is 28.7. The molecule has 0 unspecified atom stereocenters. The molecule has 0 heterocycles. The SMILES string of the molecule is c1ccc(-c2ccc(N(c3cccc4c3-c3ccccc3C4(c3ccccc3)c3ccccc3)c3c4ccccc4cc4ccccc34)cc2)cc1. The Kier molecular flexibility index (Phi) is 7.11. The second-order valence-electron chi connectivity index (χ2n) is 13.6. The maximum Gasteiger partial charge on any atom is 0.0714 e. The van der Waals surface area contributed by atoms with Crippen molar-refractivity contribution in [3.8, 4) is 22.3 Å². The lowest BCUT2D eigenvalue weighted by atomic mass is 9.68. The third-order valence-corrected chi connectivity index (χ3v) is 10.9. The summed E-state index contributed by atoms with van der Waals surface area (Å²) < 4.78 is 0. The van der Waals surface area contributed by atoms with Crippen LogP contribution in [0.25, 0.3) is 43.8 Å². The molecule has 0 atom stereocenters. The van der Waals surface area contributed by atoms with Crippen LogP contribution in [0.3, 0.4) is 0 Å². The van der Waals surface area contributed by atoms with Crippen molar-refractivity contribution in [3.63, 3.8) is 0 Å². The van der Waals surface area contributed by atoms with Gasteiger partial charge in [-0.2, -0.15) is 0 Å².